The lowest BCUT2D eigenvalue weighted by Crippen LogP contribution is -2.24. The molecule has 0 aliphatic heterocycles. The summed E-state index contributed by atoms with van der Waals surface area (Å²) in [6.07, 6.45) is 3.08. The largest absolute Gasteiger partial charge is 0.478 e. The van der Waals surface area contributed by atoms with Crippen LogP contribution in [0, 0.1) is 0 Å². The van der Waals surface area contributed by atoms with Gasteiger partial charge in [0.1, 0.15) is 11.5 Å². The second-order valence-corrected chi connectivity index (χ2v) is 6.86. The monoisotopic (exact) mass is 355 g/mol. The van der Waals surface area contributed by atoms with Gasteiger partial charge in [-0.1, -0.05) is 33.8 Å². The maximum Gasteiger partial charge on any atom is 0.335 e. The summed E-state index contributed by atoms with van der Waals surface area (Å²) in [6.45, 7) is 8.37. The van der Waals surface area contributed by atoms with Crippen molar-refractivity contribution in [2.45, 2.75) is 39.5 Å². The minimum atomic E-state index is -1.03. The van der Waals surface area contributed by atoms with Crippen molar-refractivity contribution in [2.75, 3.05) is 11.9 Å². The molecule has 0 radical (unpaired) electrons. The van der Waals surface area contributed by atoms with Crippen molar-refractivity contribution >= 4 is 23.6 Å². The van der Waals surface area contributed by atoms with Crippen LogP contribution in [-0.2, 0) is 4.79 Å². The number of aromatic carboxylic acids is 1. The Morgan fingerprint density at radius 2 is 1.81 bits per heavy atom. The maximum absolute atomic E-state index is 12.4. The first-order valence-corrected chi connectivity index (χ1v) is 8.63. The van der Waals surface area contributed by atoms with Gasteiger partial charge in [-0.15, -0.1) is 0 Å². The van der Waals surface area contributed by atoms with Gasteiger partial charge in [0.15, 0.2) is 0 Å². The Morgan fingerprint density at radius 1 is 1.12 bits per heavy atom. The van der Waals surface area contributed by atoms with Crippen LogP contribution < -0.4 is 4.90 Å². The molecular weight excluding hydrogens is 330 g/mol. The minimum absolute atomic E-state index is 0.139. The topological polar surface area (TPSA) is 70.8 Å². The number of nitrogens with zero attached hydrogens (tertiary/aromatic N) is 1. The standard InChI is InChI=1S/C21H25NO4/c1-13(2)18-12-17(26-20(18)14(3)4)9-10-19(23)22(5)16-8-6-7-15(11-16)21(24)25/h6-14H,1-5H3,(H,24,25)/b10-9+. The first kappa shape index (κ1) is 19.5. The van der Waals surface area contributed by atoms with E-state index in [4.69, 9.17) is 9.52 Å². The average Bonchev–Trinajstić information content (AvgIpc) is 3.04. The summed E-state index contributed by atoms with van der Waals surface area (Å²) in [6, 6.07) is 8.23. The molecular formula is C21H25NO4. The summed E-state index contributed by atoms with van der Waals surface area (Å²) >= 11 is 0. The van der Waals surface area contributed by atoms with Gasteiger partial charge in [0.05, 0.1) is 5.56 Å². The molecule has 1 aromatic carbocycles. The van der Waals surface area contributed by atoms with Crippen molar-refractivity contribution in [1.29, 1.82) is 0 Å². The van der Waals surface area contributed by atoms with Gasteiger partial charge >= 0.3 is 5.97 Å². The molecule has 5 heteroatoms. The third-order valence-corrected chi connectivity index (χ3v) is 4.16. The maximum atomic E-state index is 12.4. The van der Waals surface area contributed by atoms with Gasteiger partial charge in [-0.2, -0.15) is 0 Å². The van der Waals surface area contributed by atoms with Gasteiger partial charge in [0.25, 0.3) is 5.91 Å². The molecule has 0 saturated heterocycles. The predicted octanol–water partition coefficient (Wildman–Crippen LogP) is 4.90. The van der Waals surface area contributed by atoms with Crippen molar-refractivity contribution in [2.24, 2.45) is 0 Å². The number of rotatable bonds is 6. The van der Waals surface area contributed by atoms with E-state index in [0.717, 1.165) is 11.3 Å². The number of carbonyl (C=O) groups excluding carboxylic acids is 1. The van der Waals surface area contributed by atoms with Gasteiger partial charge in [-0.25, -0.2) is 4.79 Å². The van der Waals surface area contributed by atoms with E-state index < -0.39 is 5.97 Å². The third-order valence-electron chi connectivity index (χ3n) is 4.16. The quantitative estimate of drug-likeness (QED) is 0.748. The second kappa shape index (κ2) is 8.04. The highest BCUT2D eigenvalue weighted by Crippen LogP contribution is 2.30. The number of benzene rings is 1. The first-order chi connectivity index (χ1) is 12.2. The smallest absolute Gasteiger partial charge is 0.335 e. The van der Waals surface area contributed by atoms with Crippen LogP contribution in [-0.4, -0.2) is 24.0 Å². The number of anilines is 1. The lowest BCUT2D eigenvalue weighted by molar-refractivity contribution is -0.113. The van der Waals surface area contributed by atoms with Crippen LogP contribution in [0.2, 0.25) is 0 Å². The number of hydrogen-bond acceptors (Lipinski definition) is 3. The van der Waals surface area contributed by atoms with Gasteiger partial charge in [-0.05, 0) is 41.8 Å². The Bertz CT molecular complexity index is 805. The number of carboxylic acid groups (broad SMARTS) is 1. The number of furan rings is 1. The van der Waals surface area contributed by atoms with Gasteiger partial charge in [-0.3, -0.25) is 4.79 Å². The Morgan fingerprint density at radius 3 is 2.35 bits per heavy atom. The van der Waals surface area contributed by atoms with Crippen LogP contribution >= 0.6 is 0 Å². The van der Waals surface area contributed by atoms with Gasteiger partial charge < -0.3 is 14.4 Å². The molecule has 2 aromatic rings. The van der Waals surface area contributed by atoms with E-state index in [1.807, 2.05) is 6.07 Å². The number of carboxylic acids is 1. The molecule has 1 N–H and O–H groups in total. The van der Waals surface area contributed by atoms with E-state index in [1.54, 1.807) is 25.3 Å². The fraction of sp³-hybridized carbons (Fsp3) is 0.333. The molecule has 2 rings (SSSR count). The number of hydrogen-bond donors (Lipinski definition) is 1. The molecule has 0 saturated carbocycles. The van der Waals surface area contributed by atoms with Crippen molar-refractivity contribution < 1.29 is 19.1 Å². The summed E-state index contributed by atoms with van der Waals surface area (Å²) in [5, 5.41) is 9.07. The number of likely N-dealkylation sites (N-methyl/N-ethyl adjacent to an activating group) is 1. The Hall–Kier alpha value is -2.82. The Balaban J connectivity index is 2.20. The number of amides is 1. The van der Waals surface area contributed by atoms with E-state index in [1.165, 1.54) is 23.1 Å². The highest BCUT2D eigenvalue weighted by atomic mass is 16.4. The molecule has 0 bridgehead atoms. The van der Waals surface area contributed by atoms with E-state index in [9.17, 15) is 9.59 Å². The molecule has 0 aliphatic rings. The lowest BCUT2D eigenvalue weighted by Gasteiger charge is -2.15. The van der Waals surface area contributed by atoms with Crippen LogP contribution in [0.5, 0.6) is 0 Å². The zero-order valence-corrected chi connectivity index (χ0v) is 15.8. The molecule has 1 heterocycles. The highest BCUT2D eigenvalue weighted by molar-refractivity contribution is 6.03. The Kier molecular flexibility index (Phi) is 6.03. The first-order valence-electron chi connectivity index (χ1n) is 8.63. The van der Waals surface area contributed by atoms with Gasteiger partial charge in [0.2, 0.25) is 0 Å². The van der Waals surface area contributed by atoms with Crippen molar-refractivity contribution in [3.8, 4) is 0 Å². The second-order valence-electron chi connectivity index (χ2n) is 6.86. The zero-order valence-electron chi connectivity index (χ0n) is 15.8. The fourth-order valence-corrected chi connectivity index (χ4v) is 2.66. The lowest BCUT2D eigenvalue weighted by atomic mass is 9.98. The Labute approximate surface area is 153 Å². The van der Waals surface area contributed by atoms with Crippen LogP contribution in [0.4, 0.5) is 5.69 Å². The van der Waals surface area contributed by atoms with Crippen molar-refractivity contribution in [3.05, 3.63) is 59.1 Å². The third kappa shape index (κ3) is 4.42. The van der Waals surface area contributed by atoms with E-state index in [2.05, 4.69) is 27.7 Å². The molecule has 5 nitrogen and oxygen atoms in total. The summed E-state index contributed by atoms with van der Waals surface area (Å²) in [5.74, 6) is 0.901. The van der Waals surface area contributed by atoms with E-state index in [0.29, 0.717) is 17.4 Å². The summed E-state index contributed by atoms with van der Waals surface area (Å²) in [4.78, 5) is 24.9. The minimum Gasteiger partial charge on any atom is -0.478 e. The van der Waals surface area contributed by atoms with Crippen molar-refractivity contribution in [1.82, 2.24) is 0 Å². The summed E-state index contributed by atoms with van der Waals surface area (Å²) in [7, 11) is 1.61. The highest BCUT2D eigenvalue weighted by Gasteiger charge is 2.16. The fourth-order valence-electron chi connectivity index (χ4n) is 2.66. The van der Waals surface area contributed by atoms with Crippen LogP contribution in [0.15, 0.2) is 40.8 Å². The van der Waals surface area contributed by atoms with E-state index in [-0.39, 0.29) is 17.4 Å². The molecule has 0 spiro atoms. The SMILES string of the molecule is CC(C)c1cc(/C=C/C(=O)N(C)c2cccc(C(=O)O)c2)oc1C(C)C. The van der Waals surface area contributed by atoms with Crippen molar-refractivity contribution in [3.63, 3.8) is 0 Å². The molecule has 0 fully saturated rings. The van der Waals surface area contributed by atoms with Crippen LogP contribution in [0.25, 0.3) is 6.08 Å². The zero-order chi connectivity index (χ0) is 19.4. The predicted molar refractivity (Wildman–Crippen MR) is 103 cm³/mol. The normalized spacial score (nSPS) is 11.5. The van der Waals surface area contributed by atoms with E-state index >= 15 is 0 Å². The van der Waals surface area contributed by atoms with Crippen LogP contribution in [0.3, 0.4) is 0 Å². The average molecular weight is 355 g/mol. The molecule has 1 amide bonds. The molecule has 0 aliphatic carbocycles. The molecule has 138 valence electrons. The molecule has 0 unspecified atom stereocenters. The molecule has 26 heavy (non-hydrogen) atoms. The molecule has 1 aromatic heterocycles. The van der Waals surface area contributed by atoms with Gasteiger partial charge in [0, 0.05) is 24.7 Å². The number of carbonyl (C=O) groups is 2. The molecule has 0 atom stereocenters. The van der Waals surface area contributed by atoms with Crippen LogP contribution in [0.1, 0.15) is 67.0 Å². The summed E-state index contributed by atoms with van der Waals surface area (Å²) in [5.41, 5.74) is 1.81. The summed E-state index contributed by atoms with van der Waals surface area (Å²) < 4.78 is 5.89.